The number of amides is 4. The lowest BCUT2D eigenvalue weighted by molar-refractivity contribution is 0.0557. The van der Waals surface area contributed by atoms with E-state index in [0.29, 0.717) is 0 Å². The quantitative estimate of drug-likeness (QED) is 0.470. The molecular formula is C26H26N4O4. The van der Waals surface area contributed by atoms with Crippen LogP contribution in [-0.2, 0) is 5.66 Å². The van der Waals surface area contributed by atoms with Gasteiger partial charge in [0.2, 0.25) is 0 Å². The van der Waals surface area contributed by atoms with Gasteiger partial charge >= 0.3 is 12.1 Å². The van der Waals surface area contributed by atoms with E-state index < -0.39 is 17.7 Å². The molecule has 8 nitrogen and oxygen atoms in total. The number of carbonyl (C=O) groups is 2. The van der Waals surface area contributed by atoms with Gasteiger partial charge in [0.25, 0.3) is 0 Å². The van der Waals surface area contributed by atoms with Crippen molar-refractivity contribution in [1.82, 2.24) is 21.3 Å². The van der Waals surface area contributed by atoms with Gasteiger partial charge in [-0.1, -0.05) is 54.6 Å². The number of rotatable bonds is 5. The van der Waals surface area contributed by atoms with E-state index in [1.807, 2.05) is 78.9 Å². The smallest absolute Gasteiger partial charge is 0.317 e. The molecule has 2 heterocycles. The summed E-state index contributed by atoms with van der Waals surface area (Å²) in [7, 11) is 3.23. The summed E-state index contributed by atoms with van der Waals surface area (Å²) in [5.41, 5.74) is 1.46. The number of carbonyl (C=O) groups excluding carboxylic acids is 2. The van der Waals surface area contributed by atoms with Gasteiger partial charge in [-0.05, 0) is 41.0 Å². The SMILES string of the molecule is COc1ccc([C@@H]2NC(=O)NC3(c4ccccc4)NC(=O)N[C@@H](c4ccc(OC)cc4)C23)cc1. The third-order valence-corrected chi connectivity index (χ3v) is 6.59. The molecule has 8 heteroatoms. The lowest BCUT2D eigenvalue weighted by Crippen LogP contribution is -2.75. The number of fused-ring (bicyclic) bond motifs is 1. The van der Waals surface area contributed by atoms with Crippen molar-refractivity contribution in [3.8, 4) is 11.5 Å². The summed E-state index contributed by atoms with van der Waals surface area (Å²) in [6.07, 6.45) is 0. The van der Waals surface area contributed by atoms with E-state index in [-0.39, 0.29) is 18.0 Å². The second-order valence-corrected chi connectivity index (χ2v) is 8.40. The van der Waals surface area contributed by atoms with Crippen LogP contribution in [0.25, 0.3) is 0 Å². The van der Waals surface area contributed by atoms with Gasteiger partial charge in [-0.3, -0.25) is 0 Å². The van der Waals surface area contributed by atoms with E-state index in [1.54, 1.807) is 14.2 Å². The normalized spacial score (nSPS) is 25.6. The molecule has 0 aliphatic carbocycles. The fourth-order valence-corrected chi connectivity index (χ4v) is 5.02. The molecule has 4 amide bonds. The summed E-state index contributed by atoms with van der Waals surface area (Å²) in [5.74, 6) is 1.12. The van der Waals surface area contributed by atoms with Gasteiger partial charge in [0.15, 0.2) is 0 Å². The van der Waals surface area contributed by atoms with E-state index in [4.69, 9.17) is 9.47 Å². The van der Waals surface area contributed by atoms with Crippen molar-refractivity contribution in [3.05, 3.63) is 95.6 Å². The number of hydrogen-bond donors (Lipinski definition) is 4. The van der Waals surface area contributed by atoms with Crippen LogP contribution < -0.4 is 30.7 Å². The molecule has 2 aliphatic rings. The van der Waals surface area contributed by atoms with Gasteiger partial charge in [0.05, 0.1) is 32.2 Å². The lowest BCUT2D eigenvalue weighted by atomic mass is 9.70. The number of benzene rings is 3. The molecule has 174 valence electrons. The summed E-state index contributed by atoms with van der Waals surface area (Å²) >= 11 is 0. The lowest BCUT2D eigenvalue weighted by Gasteiger charge is -2.54. The molecule has 5 rings (SSSR count). The minimum absolute atomic E-state index is 0.327. The Morgan fingerprint density at radius 3 is 1.50 bits per heavy atom. The second kappa shape index (κ2) is 8.62. The summed E-state index contributed by atoms with van der Waals surface area (Å²) in [6.45, 7) is 0. The number of methoxy groups -OCH3 is 2. The number of nitrogens with one attached hydrogen (secondary N) is 4. The Morgan fingerprint density at radius 1 is 0.647 bits per heavy atom. The maximum atomic E-state index is 13.0. The third kappa shape index (κ3) is 3.67. The predicted octanol–water partition coefficient (Wildman–Crippen LogP) is 3.58. The van der Waals surface area contributed by atoms with Crippen molar-refractivity contribution < 1.29 is 19.1 Å². The average molecular weight is 459 g/mol. The Kier molecular flexibility index (Phi) is 5.49. The topological polar surface area (TPSA) is 101 Å². The molecule has 2 saturated heterocycles. The highest BCUT2D eigenvalue weighted by Gasteiger charge is 2.57. The van der Waals surface area contributed by atoms with Gasteiger partial charge in [-0.25, -0.2) is 9.59 Å². The van der Waals surface area contributed by atoms with Crippen molar-refractivity contribution >= 4 is 12.1 Å². The molecule has 4 N–H and O–H groups in total. The van der Waals surface area contributed by atoms with Crippen molar-refractivity contribution in [2.24, 2.45) is 5.92 Å². The highest BCUT2D eigenvalue weighted by atomic mass is 16.5. The Morgan fingerprint density at radius 2 is 1.09 bits per heavy atom. The standard InChI is InChI=1S/C26H26N4O4/c1-33-19-12-8-16(9-13-19)22-21-23(17-10-14-20(34-2)15-11-17)28-25(32)30-26(21,29-24(31)27-22)18-6-4-3-5-7-18/h3-15,21-23H,1-2H3,(H2,27,29,31)(H2,28,30,32)/t21?,22-,23-,26?/m0/s1. The fourth-order valence-electron chi connectivity index (χ4n) is 5.02. The fraction of sp³-hybridized carbons (Fsp3) is 0.231. The first kappa shape index (κ1) is 21.6. The van der Waals surface area contributed by atoms with Crippen LogP contribution in [0.15, 0.2) is 78.9 Å². The summed E-state index contributed by atoms with van der Waals surface area (Å²) in [6, 6.07) is 23.2. The van der Waals surface area contributed by atoms with Gasteiger partial charge < -0.3 is 30.7 Å². The zero-order valence-electron chi connectivity index (χ0n) is 18.9. The van der Waals surface area contributed by atoms with E-state index in [0.717, 1.165) is 28.2 Å². The molecule has 2 aliphatic heterocycles. The molecule has 2 atom stereocenters. The minimum Gasteiger partial charge on any atom is -0.497 e. The largest absolute Gasteiger partial charge is 0.497 e. The molecular weight excluding hydrogens is 432 g/mol. The first-order chi connectivity index (χ1) is 16.5. The average Bonchev–Trinajstić information content (AvgIpc) is 2.88. The summed E-state index contributed by atoms with van der Waals surface area (Å²) < 4.78 is 10.6. The zero-order valence-corrected chi connectivity index (χ0v) is 18.9. The molecule has 0 unspecified atom stereocenters. The number of ether oxygens (including phenoxy) is 2. The van der Waals surface area contributed by atoms with Crippen molar-refractivity contribution in [2.75, 3.05) is 14.2 Å². The molecule has 2 fully saturated rings. The third-order valence-electron chi connectivity index (χ3n) is 6.59. The first-order valence-electron chi connectivity index (χ1n) is 11.0. The molecule has 3 aromatic rings. The molecule has 0 bridgehead atoms. The molecule has 0 spiro atoms. The first-order valence-corrected chi connectivity index (χ1v) is 11.0. The Labute approximate surface area is 197 Å². The van der Waals surface area contributed by atoms with Gasteiger partial charge in [-0.2, -0.15) is 0 Å². The molecule has 0 saturated carbocycles. The van der Waals surface area contributed by atoms with Crippen LogP contribution in [-0.4, -0.2) is 26.3 Å². The highest BCUT2D eigenvalue weighted by molar-refractivity contribution is 5.82. The van der Waals surface area contributed by atoms with E-state index in [1.165, 1.54) is 0 Å². The Balaban J connectivity index is 1.69. The van der Waals surface area contributed by atoms with E-state index in [9.17, 15) is 9.59 Å². The predicted molar refractivity (Wildman–Crippen MR) is 126 cm³/mol. The zero-order chi connectivity index (χ0) is 23.7. The van der Waals surface area contributed by atoms with Crippen LogP contribution in [0.4, 0.5) is 9.59 Å². The number of hydrogen-bond acceptors (Lipinski definition) is 4. The van der Waals surface area contributed by atoms with E-state index >= 15 is 0 Å². The summed E-state index contributed by atoms with van der Waals surface area (Å²) in [4.78, 5) is 26.0. The second-order valence-electron chi connectivity index (χ2n) is 8.40. The molecule has 34 heavy (non-hydrogen) atoms. The summed E-state index contributed by atoms with van der Waals surface area (Å²) in [5, 5.41) is 12.3. The monoisotopic (exact) mass is 458 g/mol. The van der Waals surface area contributed by atoms with Gasteiger partial charge in [0, 0.05) is 0 Å². The van der Waals surface area contributed by atoms with Crippen LogP contribution in [0.2, 0.25) is 0 Å². The maximum absolute atomic E-state index is 13.0. The number of urea groups is 2. The van der Waals surface area contributed by atoms with Gasteiger partial charge in [0.1, 0.15) is 17.2 Å². The molecule has 3 aromatic carbocycles. The molecule has 0 radical (unpaired) electrons. The van der Waals surface area contributed by atoms with Crippen LogP contribution in [0.1, 0.15) is 28.8 Å². The Bertz CT molecular complexity index is 1110. The Hall–Kier alpha value is -4.20. The van der Waals surface area contributed by atoms with Crippen LogP contribution >= 0.6 is 0 Å². The van der Waals surface area contributed by atoms with E-state index in [2.05, 4.69) is 21.3 Å². The van der Waals surface area contributed by atoms with Crippen LogP contribution in [0.3, 0.4) is 0 Å². The van der Waals surface area contributed by atoms with Crippen molar-refractivity contribution in [3.63, 3.8) is 0 Å². The maximum Gasteiger partial charge on any atom is 0.317 e. The minimum atomic E-state index is -1.14. The highest BCUT2D eigenvalue weighted by Crippen LogP contribution is 2.48. The van der Waals surface area contributed by atoms with Crippen molar-refractivity contribution in [1.29, 1.82) is 0 Å². The van der Waals surface area contributed by atoms with Crippen LogP contribution in [0.5, 0.6) is 11.5 Å². The van der Waals surface area contributed by atoms with Gasteiger partial charge in [-0.15, -0.1) is 0 Å². The molecule has 0 aromatic heterocycles. The van der Waals surface area contributed by atoms with Crippen molar-refractivity contribution in [2.45, 2.75) is 17.7 Å². The van der Waals surface area contributed by atoms with Crippen LogP contribution in [0, 0.1) is 5.92 Å².